The first-order valence-electron chi connectivity index (χ1n) is 2.98. The van der Waals surface area contributed by atoms with Crippen molar-refractivity contribution in [1.29, 1.82) is 0 Å². The van der Waals surface area contributed by atoms with Crippen molar-refractivity contribution in [2.45, 2.75) is 6.92 Å². The Morgan fingerprint density at radius 1 is 1.08 bits per heavy atom. The van der Waals surface area contributed by atoms with Crippen LogP contribution in [0, 0.1) is 27.9 Å². The number of phenolic OH excluding ortho intramolecular Hbond substituents is 1. The maximum Gasteiger partial charge on any atom is 0.201 e. The van der Waals surface area contributed by atoms with Crippen LogP contribution in [0.5, 0.6) is 5.75 Å². The van der Waals surface area contributed by atoms with Gasteiger partial charge in [0.05, 0.1) is 3.57 Å². The van der Waals surface area contributed by atoms with E-state index in [4.69, 9.17) is 5.11 Å². The molecule has 0 aliphatic heterocycles. The molecule has 0 saturated heterocycles. The Kier molecular flexibility index (Phi) is 2.50. The topological polar surface area (TPSA) is 20.2 Å². The Labute approximate surface area is 80.3 Å². The van der Waals surface area contributed by atoms with E-state index in [1.165, 1.54) is 22.6 Å². The predicted octanol–water partition coefficient (Wildman–Crippen LogP) is 2.72. The molecule has 1 N–H and O–H groups in total. The minimum atomic E-state index is -1.40. The van der Waals surface area contributed by atoms with Crippen LogP contribution in [0.2, 0.25) is 0 Å². The van der Waals surface area contributed by atoms with Crippen LogP contribution >= 0.6 is 22.6 Å². The van der Waals surface area contributed by atoms with Crippen LogP contribution in [0.15, 0.2) is 0 Å². The number of phenols is 1. The second-order valence-electron chi connectivity index (χ2n) is 2.23. The number of halogens is 4. The van der Waals surface area contributed by atoms with Crippen molar-refractivity contribution in [3.05, 3.63) is 26.6 Å². The van der Waals surface area contributed by atoms with Gasteiger partial charge in [0.1, 0.15) is 5.82 Å². The predicted molar refractivity (Wildman–Crippen MR) is 45.4 cm³/mol. The third kappa shape index (κ3) is 1.26. The average molecular weight is 288 g/mol. The van der Waals surface area contributed by atoms with Gasteiger partial charge in [-0.15, -0.1) is 0 Å². The first-order valence-corrected chi connectivity index (χ1v) is 4.06. The fourth-order valence-corrected chi connectivity index (χ4v) is 1.37. The number of rotatable bonds is 0. The Balaban J connectivity index is 3.60. The molecule has 0 atom stereocenters. The van der Waals surface area contributed by atoms with E-state index in [-0.39, 0.29) is 3.57 Å². The molecule has 0 aliphatic rings. The van der Waals surface area contributed by atoms with E-state index in [0.29, 0.717) is 0 Å². The fraction of sp³-hybridized carbons (Fsp3) is 0.143. The summed E-state index contributed by atoms with van der Waals surface area (Å²) in [6, 6.07) is 0. The van der Waals surface area contributed by atoms with Crippen molar-refractivity contribution in [2.24, 2.45) is 0 Å². The van der Waals surface area contributed by atoms with Crippen LogP contribution < -0.4 is 0 Å². The molecule has 0 aliphatic carbocycles. The van der Waals surface area contributed by atoms with Gasteiger partial charge < -0.3 is 5.11 Å². The van der Waals surface area contributed by atoms with E-state index in [2.05, 4.69) is 0 Å². The summed E-state index contributed by atoms with van der Waals surface area (Å²) in [7, 11) is 0. The molecule has 0 radical (unpaired) electrons. The van der Waals surface area contributed by atoms with Gasteiger partial charge in [-0.3, -0.25) is 0 Å². The number of hydrogen-bond acceptors (Lipinski definition) is 1. The molecule has 0 spiro atoms. The summed E-state index contributed by atoms with van der Waals surface area (Å²) in [6.07, 6.45) is 0. The minimum absolute atomic E-state index is 0.302. The molecule has 0 aromatic heterocycles. The van der Waals surface area contributed by atoms with Gasteiger partial charge in [-0.1, -0.05) is 0 Å². The van der Waals surface area contributed by atoms with Crippen LogP contribution in [-0.4, -0.2) is 5.11 Å². The summed E-state index contributed by atoms with van der Waals surface area (Å²) in [4.78, 5) is 0. The zero-order valence-corrected chi connectivity index (χ0v) is 8.12. The normalized spacial score (nSPS) is 10.4. The lowest BCUT2D eigenvalue weighted by atomic mass is 10.2. The summed E-state index contributed by atoms with van der Waals surface area (Å²) < 4.78 is 37.8. The molecule has 0 saturated carbocycles. The summed E-state index contributed by atoms with van der Waals surface area (Å²) in [5.41, 5.74) is -0.422. The van der Waals surface area contributed by atoms with Gasteiger partial charge in [-0.25, -0.2) is 8.78 Å². The van der Waals surface area contributed by atoms with Gasteiger partial charge >= 0.3 is 0 Å². The molecule has 0 bridgehead atoms. The van der Waals surface area contributed by atoms with E-state index in [1.807, 2.05) is 0 Å². The molecule has 12 heavy (non-hydrogen) atoms. The van der Waals surface area contributed by atoms with Crippen LogP contribution in [-0.2, 0) is 0 Å². The number of hydrogen-bond donors (Lipinski definition) is 1. The highest BCUT2D eigenvalue weighted by Gasteiger charge is 2.20. The largest absolute Gasteiger partial charge is 0.504 e. The Hall–Kier alpha value is -0.460. The maximum absolute atomic E-state index is 12.9. The summed E-state index contributed by atoms with van der Waals surface area (Å²) in [6.45, 7) is 1.11. The quantitative estimate of drug-likeness (QED) is 0.575. The molecular weight excluding hydrogens is 284 g/mol. The van der Waals surface area contributed by atoms with E-state index in [0.717, 1.165) is 6.92 Å². The van der Waals surface area contributed by atoms with Gasteiger partial charge in [0, 0.05) is 5.56 Å². The first-order chi connectivity index (χ1) is 5.46. The third-order valence-electron chi connectivity index (χ3n) is 1.46. The maximum atomic E-state index is 12.9. The van der Waals surface area contributed by atoms with Crippen LogP contribution in [0.3, 0.4) is 0 Å². The first kappa shape index (κ1) is 9.63. The highest BCUT2D eigenvalue weighted by molar-refractivity contribution is 14.1. The van der Waals surface area contributed by atoms with Gasteiger partial charge in [0.15, 0.2) is 11.6 Å². The third-order valence-corrected chi connectivity index (χ3v) is 2.44. The van der Waals surface area contributed by atoms with E-state index in [9.17, 15) is 13.2 Å². The molecule has 1 aromatic rings. The van der Waals surface area contributed by atoms with Gasteiger partial charge in [-0.05, 0) is 29.5 Å². The second-order valence-corrected chi connectivity index (χ2v) is 3.31. The highest BCUT2D eigenvalue weighted by Crippen LogP contribution is 2.30. The Bertz CT molecular complexity index is 233. The standard InChI is InChI=1S/C7H4F3IO/c1-2-3(8)5(10)7(12)6(11)4(2)9/h12H,1H3. The number of benzene rings is 1. The fourth-order valence-electron chi connectivity index (χ4n) is 0.730. The molecule has 1 rings (SSSR count). The monoisotopic (exact) mass is 288 g/mol. The zero-order chi connectivity index (χ0) is 9.46. The number of aromatic hydroxyl groups is 1. The molecule has 5 heteroatoms. The van der Waals surface area contributed by atoms with Crippen molar-refractivity contribution < 1.29 is 18.3 Å². The van der Waals surface area contributed by atoms with E-state index in [1.54, 1.807) is 0 Å². The van der Waals surface area contributed by atoms with Crippen LogP contribution in [0.4, 0.5) is 13.2 Å². The van der Waals surface area contributed by atoms with Crippen molar-refractivity contribution in [3.63, 3.8) is 0 Å². The molecule has 0 fully saturated rings. The minimum Gasteiger partial charge on any atom is -0.504 e. The molecule has 1 aromatic carbocycles. The molecule has 0 heterocycles. The molecular formula is C7H4F3IO. The second kappa shape index (κ2) is 3.12. The summed E-state index contributed by atoms with van der Waals surface area (Å²) in [5, 5.41) is 8.83. The Morgan fingerprint density at radius 2 is 1.58 bits per heavy atom. The van der Waals surface area contributed by atoms with Gasteiger partial charge in [-0.2, -0.15) is 4.39 Å². The SMILES string of the molecule is Cc1c(F)c(F)c(O)c(I)c1F. The van der Waals surface area contributed by atoms with Crippen LogP contribution in [0.1, 0.15) is 5.56 Å². The van der Waals surface area contributed by atoms with Crippen molar-refractivity contribution in [2.75, 3.05) is 0 Å². The van der Waals surface area contributed by atoms with E-state index >= 15 is 0 Å². The van der Waals surface area contributed by atoms with Crippen LogP contribution in [0.25, 0.3) is 0 Å². The smallest absolute Gasteiger partial charge is 0.201 e. The molecule has 0 amide bonds. The van der Waals surface area contributed by atoms with E-state index < -0.39 is 28.8 Å². The average Bonchev–Trinajstić information content (AvgIpc) is 2.08. The van der Waals surface area contributed by atoms with Crippen molar-refractivity contribution >= 4 is 22.6 Å². The lowest BCUT2D eigenvalue weighted by Gasteiger charge is -2.04. The summed E-state index contributed by atoms with van der Waals surface area (Å²) in [5.74, 6) is -4.65. The zero-order valence-electron chi connectivity index (χ0n) is 5.96. The van der Waals surface area contributed by atoms with Gasteiger partial charge in [0.2, 0.25) is 5.82 Å². The molecule has 66 valence electrons. The lowest BCUT2D eigenvalue weighted by Crippen LogP contribution is -1.98. The Morgan fingerprint density at radius 3 is 2.08 bits per heavy atom. The lowest BCUT2D eigenvalue weighted by molar-refractivity contribution is 0.391. The van der Waals surface area contributed by atoms with Crippen molar-refractivity contribution in [3.8, 4) is 5.75 Å². The highest BCUT2D eigenvalue weighted by atomic mass is 127. The van der Waals surface area contributed by atoms with Gasteiger partial charge in [0.25, 0.3) is 0 Å². The summed E-state index contributed by atoms with van der Waals surface area (Å²) >= 11 is 1.41. The van der Waals surface area contributed by atoms with Crippen molar-refractivity contribution in [1.82, 2.24) is 0 Å². The molecule has 1 nitrogen and oxygen atoms in total. The molecule has 0 unspecified atom stereocenters.